The molecule has 0 unspecified atom stereocenters. The van der Waals surface area contributed by atoms with Gasteiger partial charge in [-0.1, -0.05) is 97.1 Å². The second kappa shape index (κ2) is 12.5. The van der Waals surface area contributed by atoms with Crippen LogP contribution in [0.15, 0.2) is 121 Å². The van der Waals surface area contributed by atoms with Gasteiger partial charge in [0.05, 0.1) is 5.52 Å². The summed E-state index contributed by atoms with van der Waals surface area (Å²) in [5.41, 5.74) is 2.71. The first-order valence-electron chi connectivity index (χ1n) is 15.7. The second-order valence-electron chi connectivity index (χ2n) is 12.1. The number of halogens is 3. The molecular formula is C39H33F3N4O. The highest BCUT2D eigenvalue weighted by Crippen LogP contribution is 2.44. The fraction of sp³-hybridized carbons (Fsp3) is 0.179. The average molecular weight is 631 g/mol. The fourth-order valence-corrected chi connectivity index (χ4v) is 6.77. The van der Waals surface area contributed by atoms with Crippen LogP contribution in [0.4, 0.5) is 19.0 Å². The van der Waals surface area contributed by atoms with Crippen molar-refractivity contribution >= 4 is 22.6 Å². The minimum Gasteiger partial charge on any atom is -0.308 e. The summed E-state index contributed by atoms with van der Waals surface area (Å²) in [7, 11) is 2.04. The Morgan fingerprint density at radius 3 is 1.81 bits per heavy atom. The maximum absolute atomic E-state index is 15.1. The Hall–Kier alpha value is -5.21. The molecule has 5 nitrogen and oxygen atoms in total. The normalized spacial score (nSPS) is 14.4. The number of nitrogens with one attached hydrogen (secondary N) is 1. The van der Waals surface area contributed by atoms with E-state index in [1.54, 1.807) is 18.2 Å². The first kappa shape index (κ1) is 30.4. The molecule has 1 aliphatic rings. The van der Waals surface area contributed by atoms with Crippen molar-refractivity contribution in [1.82, 2.24) is 14.7 Å². The number of nitrogens with zero attached hydrogens (tertiary/aromatic N) is 3. The number of benzene rings is 5. The number of aromatic nitrogens is 2. The van der Waals surface area contributed by atoms with Gasteiger partial charge < -0.3 is 10.2 Å². The number of likely N-dealkylation sites (tertiary alicyclic amines) is 1. The first-order valence-corrected chi connectivity index (χ1v) is 15.7. The molecular weight excluding hydrogens is 597 g/mol. The number of fused-ring (bicyclic) bond motifs is 1. The van der Waals surface area contributed by atoms with Gasteiger partial charge >= 0.3 is 0 Å². The van der Waals surface area contributed by atoms with Crippen LogP contribution in [0.5, 0.6) is 0 Å². The van der Waals surface area contributed by atoms with Gasteiger partial charge in [0, 0.05) is 22.9 Å². The zero-order valence-corrected chi connectivity index (χ0v) is 25.8. The zero-order chi connectivity index (χ0) is 32.5. The molecule has 1 saturated heterocycles. The van der Waals surface area contributed by atoms with Crippen LogP contribution in [0.3, 0.4) is 0 Å². The number of hydrogen-bond acceptors (Lipinski definition) is 3. The number of hydrogen-bond donors (Lipinski definition) is 1. The number of rotatable bonds is 7. The molecule has 8 heteroatoms. The van der Waals surface area contributed by atoms with Crippen molar-refractivity contribution < 1.29 is 18.0 Å². The number of anilines is 1. The minimum absolute atomic E-state index is 0.0911. The lowest BCUT2D eigenvalue weighted by Crippen LogP contribution is -2.39. The summed E-state index contributed by atoms with van der Waals surface area (Å²) in [5.74, 6) is -3.33. The maximum atomic E-state index is 15.1. The number of piperidine rings is 1. The maximum Gasteiger partial charge on any atom is 0.228 e. The van der Waals surface area contributed by atoms with Gasteiger partial charge in [-0.15, -0.1) is 0 Å². The van der Waals surface area contributed by atoms with E-state index in [0.717, 1.165) is 35.8 Å². The lowest BCUT2D eigenvalue weighted by atomic mass is 9.77. The van der Waals surface area contributed by atoms with E-state index in [0.29, 0.717) is 41.2 Å². The van der Waals surface area contributed by atoms with Crippen molar-refractivity contribution in [3.63, 3.8) is 0 Å². The largest absolute Gasteiger partial charge is 0.308 e. The molecule has 1 aromatic heterocycles. The van der Waals surface area contributed by atoms with Crippen molar-refractivity contribution in [1.29, 1.82) is 0 Å². The van der Waals surface area contributed by atoms with Gasteiger partial charge in [-0.2, -0.15) is 5.10 Å². The molecule has 6 aromatic rings. The van der Waals surface area contributed by atoms with E-state index in [1.807, 2.05) is 66.3 Å². The van der Waals surface area contributed by atoms with E-state index in [1.165, 1.54) is 0 Å². The van der Waals surface area contributed by atoms with E-state index in [-0.39, 0.29) is 17.4 Å². The molecule has 1 N–H and O–H groups in total. The zero-order valence-electron chi connectivity index (χ0n) is 25.8. The molecule has 7 rings (SSSR count). The Labute approximate surface area is 271 Å². The molecule has 0 saturated carbocycles. The van der Waals surface area contributed by atoms with E-state index >= 15 is 4.39 Å². The Balaban J connectivity index is 1.51. The summed E-state index contributed by atoms with van der Waals surface area (Å²) in [6.07, 6.45) is 1.43. The SMILES string of the molecule is CN1CCC(C(=O)Nc2nn(C(c3ccccc3)(c3ccccc3)c3ccccc3)c3ccc(-c4cc(F)c(F)cc4F)cc23)CC1. The molecule has 1 amide bonds. The molecule has 236 valence electrons. The molecule has 0 spiro atoms. The summed E-state index contributed by atoms with van der Waals surface area (Å²) in [4.78, 5) is 15.9. The molecule has 1 fully saturated rings. The number of carbonyl (C=O) groups is 1. The van der Waals surface area contributed by atoms with E-state index in [9.17, 15) is 13.6 Å². The molecule has 5 aromatic carbocycles. The Morgan fingerprint density at radius 1 is 0.723 bits per heavy atom. The van der Waals surface area contributed by atoms with Crippen LogP contribution in [-0.4, -0.2) is 40.7 Å². The van der Waals surface area contributed by atoms with Crippen molar-refractivity contribution in [2.45, 2.75) is 18.4 Å². The van der Waals surface area contributed by atoms with E-state index in [4.69, 9.17) is 5.10 Å². The van der Waals surface area contributed by atoms with Crippen molar-refractivity contribution in [3.05, 3.63) is 155 Å². The third-order valence-electron chi connectivity index (χ3n) is 9.22. The van der Waals surface area contributed by atoms with E-state index in [2.05, 4.69) is 46.6 Å². The molecule has 0 aliphatic carbocycles. The highest BCUT2D eigenvalue weighted by molar-refractivity contribution is 6.02. The van der Waals surface area contributed by atoms with Crippen LogP contribution in [0.1, 0.15) is 29.5 Å². The third kappa shape index (κ3) is 5.48. The average Bonchev–Trinajstić information content (AvgIpc) is 3.46. The highest BCUT2D eigenvalue weighted by Gasteiger charge is 2.41. The van der Waals surface area contributed by atoms with Gasteiger partial charge in [-0.3, -0.25) is 4.79 Å². The van der Waals surface area contributed by atoms with Crippen molar-refractivity contribution in [2.24, 2.45) is 5.92 Å². The predicted molar refractivity (Wildman–Crippen MR) is 178 cm³/mol. The molecule has 2 heterocycles. The van der Waals surface area contributed by atoms with Gasteiger partial charge in [0.2, 0.25) is 5.91 Å². The van der Waals surface area contributed by atoms with Crippen LogP contribution in [-0.2, 0) is 10.3 Å². The number of carbonyl (C=O) groups excluding carboxylic acids is 1. The van der Waals surface area contributed by atoms with Gasteiger partial charge in [-0.25, -0.2) is 17.9 Å². The highest BCUT2D eigenvalue weighted by atomic mass is 19.2. The molecule has 47 heavy (non-hydrogen) atoms. The van der Waals surface area contributed by atoms with Crippen LogP contribution in [0.25, 0.3) is 22.0 Å². The summed E-state index contributed by atoms with van der Waals surface area (Å²) in [6.45, 7) is 1.62. The minimum atomic E-state index is -1.26. The van der Waals surface area contributed by atoms with Crippen molar-refractivity contribution in [2.75, 3.05) is 25.5 Å². The van der Waals surface area contributed by atoms with Crippen LogP contribution >= 0.6 is 0 Å². The smallest absolute Gasteiger partial charge is 0.228 e. The lowest BCUT2D eigenvalue weighted by Gasteiger charge is -2.37. The summed E-state index contributed by atoms with van der Waals surface area (Å²) < 4.78 is 45.2. The standard InChI is InChI=1S/C39H33F3N4O/c1-45-21-19-26(20-22-45)38(47)43-37-32-23-27(31-24-34(41)35(42)25-33(31)40)17-18-36(32)46(44-37)39(28-11-5-2-6-12-28,29-13-7-3-8-14-29)30-15-9-4-10-16-30/h2-18,23-26H,19-22H2,1H3,(H,43,44,47). The molecule has 0 radical (unpaired) electrons. The first-order chi connectivity index (χ1) is 22.9. The van der Waals surface area contributed by atoms with Crippen LogP contribution < -0.4 is 5.32 Å². The van der Waals surface area contributed by atoms with Gasteiger partial charge in [-0.05, 0) is 73.4 Å². The molecule has 0 atom stereocenters. The topological polar surface area (TPSA) is 50.2 Å². The van der Waals surface area contributed by atoms with Crippen molar-refractivity contribution in [3.8, 4) is 11.1 Å². The Kier molecular flexibility index (Phi) is 8.12. The lowest BCUT2D eigenvalue weighted by molar-refractivity contribution is -0.121. The van der Waals surface area contributed by atoms with Crippen LogP contribution in [0, 0.1) is 23.4 Å². The van der Waals surface area contributed by atoms with E-state index < -0.39 is 23.0 Å². The summed E-state index contributed by atoms with van der Waals surface area (Å²) >= 11 is 0. The summed E-state index contributed by atoms with van der Waals surface area (Å²) in [6, 6.07) is 36.6. The van der Waals surface area contributed by atoms with Gasteiger partial charge in [0.25, 0.3) is 0 Å². The van der Waals surface area contributed by atoms with Gasteiger partial charge in [0.1, 0.15) is 11.4 Å². The van der Waals surface area contributed by atoms with Crippen LogP contribution in [0.2, 0.25) is 0 Å². The number of amides is 1. The molecule has 1 aliphatic heterocycles. The Bertz CT molecular complexity index is 1940. The summed E-state index contributed by atoms with van der Waals surface area (Å²) in [5, 5.41) is 8.83. The fourth-order valence-electron chi connectivity index (χ4n) is 6.77. The monoisotopic (exact) mass is 630 g/mol. The Morgan fingerprint density at radius 2 is 1.26 bits per heavy atom. The predicted octanol–water partition coefficient (Wildman–Crippen LogP) is 8.24. The second-order valence-corrected chi connectivity index (χ2v) is 12.1. The third-order valence-corrected chi connectivity index (χ3v) is 9.22. The molecule has 0 bridgehead atoms. The van der Waals surface area contributed by atoms with Gasteiger partial charge in [0.15, 0.2) is 17.5 Å². The quantitative estimate of drug-likeness (QED) is 0.143.